The smallest absolute Gasteiger partial charge is 0.417 e. The highest BCUT2D eigenvalue weighted by Gasteiger charge is 2.37. The van der Waals surface area contributed by atoms with Crippen molar-refractivity contribution in [3.63, 3.8) is 0 Å². The number of carbonyl (C=O) groups is 2. The van der Waals surface area contributed by atoms with E-state index in [9.17, 15) is 27.2 Å². The molecule has 0 radical (unpaired) electrons. The van der Waals surface area contributed by atoms with Gasteiger partial charge in [0, 0.05) is 0 Å². The quantitative estimate of drug-likeness (QED) is 0.146. The summed E-state index contributed by atoms with van der Waals surface area (Å²) >= 11 is 12.0. The topological polar surface area (TPSA) is 43.4 Å². The molecule has 0 atom stereocenters. The molecule has 1 aliphatic carbocycles. The summed E-state index contributed by atoms with van der Waals surface area (Å²) in [5.41, 5.74) is -0.650. The van der Waals surface area contributed by atoms with E-state index in [-0.39, 0.29) is 9.75 Å². The fourth-order valence-electron chi connectivity index (χ4n) is 3.16. The van der Waals surface area contributed by atoms with Crippen LogP contribution in [0.1, 0.15) is 56.3 Å². The fourth-order valence-corrected chi connectivity index (χ4v) is 4.88. The van der Waals surface area contributed by atoms with Crippen LogP contribution in [0.4, 0.5) is 17.6 Å². The molecule has 0 amide bonds. The minimum absolute atomic E-state index is 0.0546. The maximum Gasteiger partial charge on any atom is 0.417 e. The molecule has 0 spiro atoms. The Kier molecular flexibility index (Phi) is 8.30. The summed E-state index contributed by atoms with van der Waals surface area (Å²) in [7, 11) is 1.19. The number of rotatable bonds is 4. The van der Waals surface area contributed by atoms with E-state index in [1.54, 1.807) is 0 Å². The van der Waals surface area contributed by atoms with Gasteiger partial charge < -0.3 is 4.74 Å². The van der Waals surface area contributed by atoms with E-state index in [1.165, 1.54) is 7.11 Å². The molecule has 0 fully saturated rings. The summed E-state index contributed by atoms with van der Waals surface area (Å²) in [4.78, 5) is 24.9. The maximum atomic E-state index is 13.6. The summed E-state index contributed by atoms with van der Waals surface area (Å²) < 4.78 is 59.2. The fraction of sp³-hybridized carbons (Fsp3) is 0.333. The summed E-state index contributed by atoms with van der Waals surface area (Å²) in [6, 6.07) is 1.52. The molecular formula is C21H18Cl2F4O3S. The monoisotopic (exact) mass is 496 g/mol. The number of esters is 1. The lowest BCUT2D eigenvalue weighted by Gasteiger charge is -2.13. The Bertz CT molecular complexity index is 1020. The number of fused-ring (bicyclic) bond motifs is 1. The minimum Gasteiger partial charge on any atom is -0.465 e. The van der Waals surface area contributed by atoms with Crippen molar-refractivity contribution in [3.05, 3.63) is 60.5 Å². The number of thiophene rings is 1. The van der Waals surface area contributed by atoms with Gasteiger partial charge in [0.25, 0.3) is 0 Å². The molecule has 1 aromatic carbocycles. The molecule has 168 valence electrons. The number of allylic oxidation sites excluding steroid dienone is 2. The van der Waals surface area contributed by atoms with Crippen molar-refractivity contribution in [2.24, 2.45) is 0 Å². The van der Waals surface area contributed by atoms with E-state index >= 15 is 0 Å². The maximum absolute atomic E-state index is 13.6. The number of ketones is 1. The second-order valence-corrected chi connectivity index (χ2v) is 8.07. The zero-order chi connectivity index (χ0) is 23.5. The lowest BCUT2D eigenvalue weighted by Crippen LogP contribution is -2.13. The molecule has 0 saturated carbocycles. The van der Waals surface area contributed by atoms with Crippen molar-refractivity contribution in [2.45, 2.75) is 39.3 Å². The zero-order valence-corrected chi connectivity index (χ0v) is 19.1. The van der Waals surface area contributed by atoms with Gasteiger partial charge in [-0.2, -0.15) is 13.2 Å². The predicted octanol–water partition coefficient (Wildman–Crippen LogP) is 7.32. The summed E-state index contributed by atoms with van der Waals surface area (Å²) in [5.74, 6) is -2.60. The predicted molar refractivity (Wildman–Crippen MR) is 114 cm³/mol. The first-order valence-corrected chi connectivity index (χ1v) is 10.8. The Hall–Kier alpha value is -1.90. The third-order valence-corrected chi connectivity index (χ3v) is 6.26. The SMILES string of the molecule is CC.COC(=O)c1sc(C(=O)/C=C(/c2cc(Cl)c(F)c(Cl)c2)C(F)(F)F)c2c1CCC2. The molecule has 3 nitrogen and oxygen atoms in total. The Balaban J connectivity index is 0.00000166. The van der Waals surface area contributed by atoms with E-state index in [0.717, 1.165) is 23.5 Å². The second-order valence-electron chi connectivity index (χ2n) is 6.24. The van der Waals surface area contributed by atoms with Crippen LogP contribution in [-0.4, -0.2) is 25.0 Å². The van der Waals surface area contributed by atoms with Gasteiger partial charge in [0.15, 0.2) is 11.6 Å². The lowest BCUT2D eigenvalue weighted by molar-refractivity contribution is -0.0689. The number of hydrogen-bond donors (Lipinski definition) is 0. The standard InChI is InChI=1S/C19H12Cl2F4O3S.C2H6/c1-28-18(27)17-10-4-2-3-9(10)16(29-17)14(26)7-11(19(23,24)25)8-5-12(20)15(22)13(21)6-8;1-2/h5-7H,2-4H2,1H3;1-2H3/b11-7-;. The van der Waals surface area contributed by atoms with Crippen LogP contribution < -0.4 is 0 Å². The number of methoxy groups -OCH3 is 1. The molecule has 0 bridgehead atoms. The molecule has 1 aliphatic rings. The number of carbonyl (C=O) groups excluding carboxylic acids is 2. The Morgan fingerprint density at radius 1 is 1.06 bits per heavy atom. The number of hydrogen-bond acceptors (Lipinski definition) is 4. The van der Waals surface area contributed by atoms with Gasteiger partial charge >= 0.3 is 12.1 Å². The van der Waals surface area contributed by atoms with Crippen LogP contribution in [0.2, 0.25) is 10.0 Å². The minimum atomic E-state index is -4.92. The molecule has 1 heterocycles. The molecule has 10 heteroatoms. The molecule has 0 N–H and O–H groups in total. The van der Waals surface area contributed by atoms with Gasteiger partial charge in [-0.25, -0.2) is 9.18 Å². The van der Waals surface area contributed by atoms with E-state index in [4.69, 9.17) is 27.9 Å². The van der Waals surface area contributed by atoms with Crippen LogP contribution in [0, 0.1) is 5.82 Å². The van der Waals surface area contributed by atoms with Gasteiger partial charge in [0.2, 0.25) is 0 Å². The van der Waals surface area contributed by atoms with Gasteiger partial charge in [-0.05, 0) is 54.2 Å². The normalized spacial score (nSPS) is 13.4. The third-order valence-electron chi connectivity index (χ3n) is 4.44. The van der Waals surface area contributed by atoms with Crippen molar-refractivity contribution in [1.82, 2.24) is 0 Å². The molecule has 0 saturated heterocycles. The average Bonchev–Trinajstić information content (AvgIpc) is 3.32. The summed E-state index contributed by atoms with van der Waals surface area (Å²) in [6.07, 6.45) is -2.80. The highest BCUT2D eigenvalue weighted by Crippen LogP contribution is 2.40. The number of ether oxygens (including phenoxy) is 1. The molecule has 2 aromatic rings. The Morgan fingerprint density at radius 3 is 2.06 bits per heavy atom. The first kappa shape index (κ1) is 25.4. The van der Waals surface area contributed by atoms with Crippen LogP contribution in [0.3, 0.4) is 0 Å². The highest BCUT2D eigenvalue weighted by atomic mass is 35.5. The van der Waals surface area contributed by atoms with Gasteiger partial charge in [-0.3, -0.25) is 4.79 Å². The van der Waals surface area contributed by atoms with E-state index in [0.29, 0.717) is 36.5 Å². The molecule has 3 rings (SSSR count). The Morgan fingerprint density at radius 2 is 1.58 bits per heavy atom. The van der Waals surface area contributed by atoms with Gasteiger partial charge in [0.05, 0.1) is 27.6 Å². The molecule has 0 aliphatic heterocycles. The third kappa shape index (κ3) is 5.30. The van der Waals surface area contributed by atoms with Crippen LogP contribution >= 0.6 is 34.5 Å². The molecule has 0 unspecified atom stereocenters. The van der Waals surface area contributed by atoms with Crippen LogP contribution in [0.25, 0.3) is 5.57 Å². The van der Waals surface area contributed by atoms with Crippen LogP contribution in [-0.2, 0) is 17.6 Å². The van der Waals surface area contributed by atoms with Gasteiger partial charge in [0.1, 0.15) is 4.88 Å². The van der Waals surface area contributed by atoms with Crippen LogP contribution in [0.5, 0.6) is 0 Å². The van der Waals surface area contributed by atoms with E-state index in [1.807, 2.05) is 13.8 Å². The number of alkyl halides is 3. The molecule has 31 heavy (non-hydrogen) atoms. The van der Waals surface area contributed by atoms with Crippen molar-refractivity contribution in [1.29, 1.82) is 0 Å². The summed E-state index contributed by atoms with van der Waals surface area (Å²) in [5, 5.41) is -1.19. The van der Waals surface area contributed by atoms with Crippen molar-refractivity contribution < 1.29 is 31.9 Å². The van der Waals surface area contributed by atoms with Gasteiger partial charge in [-0.1, -0.05) is 37.0 Å². The second kappa shape index (κ2) is 10.1. The Labute approximate surface area is 190 Å². The molecule has 1 aromatic heterocycles. The summed E-state index contributed by atoms with van der Waals surface area (Å²) in [6.45, 7) is 4.00. The van der Waals surface area contributed by atoms with Crippen molar-refractivity contribution in [2.75, 3.05) is 7.11 Å². The first-order chi connectivity index (χ1) is 14.5. The molecular weight excluding hydrogens is 479 g/mol. The van der Waals surface area contributed by atoms with Crippen molar-refractivity contribution >= 4 is 51.9 Å². The first-order valence-electron chi connectivity index (χ1n) is 9.25. The van der Waals surface area contributed by atoms with Crippen molar-refractivity contribution in [3.8, 4) is 0 Å². The lowest BCUT2D eigenvalue weighted by atomic mass is 10.0. The zero-order valence-electron chi connectivity index (χ0n) is 16.8. The van der Waals surface area contributed by atoms with E-state index < -0.39 is 44.9 Å². The number of halogens is 6. The average molecular weight is 497 g/mol. The van der Waals surface area contributed by atoms with E-state index in [2.05, 4.69) is 0 Å². The van der Waals surface area contributed by atoms with Gasteiger partial charge in [-0.15, -0.1) is 11.3 Å². The highest BCUT2D eigenvalue weighted by molar-refractivity contribution is 7.16. The number of benzene rings is 1. The van der Waals surface area contributed by atoms with Crippen LogP contribution in [0.15, 0.2) is 18.2 Å². The largest absolute Gasteiger partial charge is 0.465 e.